The van der Waals surface area contributed by atoms with Crippen molar-refractivity contribution >= 4 is 18.0 Å². The number of esters is 2. The largest absolute Gasteiger partial charge is 0.504 e. The standard InChI is InChI=1S/C41H58O7/c1-24-16-19-41(36(45)47-9)21-20-39(6)27(34(41)25(24)2)12-14-32-38(5)23-29(43)35(37(3,4)31(38)17-18-40(32,39)7)48-33(44)15-11-26-10-13-28(42)30(22-26)46-8/h10-13,15,22,24-25,29,31-32,34-35,42-43H,14,16-21,23H2,1-9H3. The molecule has 0 amide bonds. The highest BCUT2D eigenvalue weighted by Crippen LogP contribution is 2.76. The number of hydrogen-bond donors (Lipinski definition) is 2. The van der Waals surface area contributed by atoms with Gasteiger partial charge in [-0.25, -0.2) is 4.79 Å². The van der Waals surface area contributed by atoms with Crippen LogP contribution >= 0.6 is 0 Å². The molecule has 0 heterocycles. The molecule has 0 spiro atoms. The second kappa shape index (κ2) is 11.9. The summed E-state index contributed by atoms with van der Waals surface area (Å²) < 4.78 is 16.8. The Bertz CT molecular complexity index is 1510. The minimum atomic E-state index is -0.787. The fourth-order valence-corrected chi connectivity index (χ4v) is 12.5. The summed E-state index contributed by atoms with van der Waals surface area (Å²) in [5, 5.41) is 21.7. The van der Waals surface area contributed by atoms with Crippen LogP contribution in [0.5, 0.6) is 11.5 Å². The number of benzene rings is 1. The number of methoxy groups -OCH3 is 2. The van der Waals surface area contributed by atoms with Gasteiger partial charge in [0.05, 0.1) is 25.7 Å². The minimum absolute atomic E-state index is 0.0121. The summed E-state index contributed by atoms with van der Waals surface area (Å²) in [6.07, 6.45) is 11.6. The smallest absolute Gasteiger partial charge is 0.331 e. The van der Waals surface area contributed by atoms with Crippen molar-refractivity contribution < 1.29 is 34.0 Å². The summed E-state index contributed by atoms with van der Waals surface area (Å²) in [6.45, 7) is 16.5. The number of hydrogen-bond acceptors (Lipinski definition) is 7. The Morgan fingerprint density at radius 2 is 1.69 bits per heavy atom. The highest BCUT2D eigenvalue weighted by Gasteiger charge is 2.70. The molecule has 11 unspecified atom stereocenters. The lowest BCUT2D eigenvalue weighted by molar-refractivity contribution is -0.238. The SMILES string of the molecule is COC(=O)C12CCC(C)C(C)C1C1=CCC3C4(C)CC(O)C(OC(=O)C=Cc5ccc(O)c(OC)c5)C(C)(C)C4CCC3(C)C1(C)CC2. The van der Waals surface area contributed by atoms with Crippen LogP contribution in [0.4, 0.5) is 0 Å². The van der Waals surface area contributed by atoms with Crippen molar-refractivity contribution in [1.82, 2.24) is 0 Å². The number of aromatic hydroxyl groups is 1. The Kier molecular flexibility index (Phi) is 8.70. The quantitative estimate of drug-likeness (QED) is 0.187. The normalized spacial score (nSPS) is 43.1. The van der Waals surface area contributed by atoms with Gasteiger partial charge in [-0.15, -0.1) is 0 Å². The van der Waals surface area contributed by atoms with Crippen LogP contribution in [0.15, 0.2) is 35.9 Å². The van der Waals surface area contributed by atoms with E-state index in [1.165, 1.54) is 24.8 Å². The molecule has 2 N–H and O–H groups in total. The second-order valence-corrected chi connectivity index (χ2v) is 17.5. The minimum Gasteiger partial charge on any atom is -0.504 e. The topological polar surface area (TPSA) is 102 Å². The molecule has 48 heavy (non-hydrogen) atoms. The third kappa shape index (κ3) is 4.91. The summed E-state index contributed by atoms with van der Waals surface area (Å²) in [5.41, 5.74) is 1.15. The van der Waals surface area contributed by atoms with Gasteiger partial charge in [-0.2, -0.15) is 0 Å². The summed E-state index contributed by atoms with van der Waals surface area (Å²) in [6, 6.07) is 4.89. The Labute approximate surface area is 287 Å². The van der Waals surface area contributed by atoms with Crippen molar-refractivity contribution in [2.24, 2.45) is 56.7 Å². The van der Waals surface area contributed by atoms with Crippen molar-refractivity contribution in [2.45, 2.75) is 112 Å². The van der Waals surface area contributed by atoms with Gasteiger partial charge in [0.1, 0.15) is 6.10 Å². The number of phenols is 1. The average Bonchev–Trinajstić information content (AvgIpc) is 3.04. The van der Waals surface area contributed by atoms with Crippen LogP contribution in [0.2, 0.25) is 0 Å². The monoisotopic (exact) mass is 662 g/mol. The van der Waals surface area contributed by atoms with Gasteiger partial charge in [-0.1, -0.05) is 66.2 Å². The lowest BCUT2D eigenvalue weighted by Crippen LogP contribution is -2.67. The third-order valence-corrected chi connectivity index (χ3v) is 15.3. The molecule has 1 aromatic rings. The number of rotatable bonds is 5. The van der Waals surface area contributed by atoms with Gasteiger partial charge < -0.3 is 24.4 Å². The maximum atomic E-state index is 13.6. The van der Waals surface area contributed by atoms with E-state index in [4.69, 9.17) is 14.2 Å². The Morgan fingerprint density at radius 1 is 0.958 bits per heavy atom. The highest BCUT2D eigenvalue weighted by molar-refractivity contribution is 5.87. The molecule has 0 radical (unpaired) electrons. The predicted octanol–water partition coefficient (Wildman–Crippen LogP) is 8.13. The average molecular weight is 663 g/mol. The maximum absolute atomic E-state index is 13.6. The molecular weight excluding hydrogens is 604 g/mol. The zero-order valence-corrected chi connectivity index (χ0v) is 30.6. The Hall–Kier alpha value is -2.80. The van der Waals surface area contributed by atoms with Gasteiger partial charge in [0.15, 0.2) is 11.5 Å². The number of aliphatic hydroxyl groups is 1. The summed E-state index contributed by atoms with van der Waals surface area (Å²) in [5.74, 6) is 1.63. The number of carbonyl (C=O) groups excluding carboxylic acids is 2. The van der Waals surface area contributed by atoms with Gasteiger partial charge in [-0.3, -0.25) is 4.79 Å². The van der Waals surface area contributed by atoms with Crippen LogP contribution in [0.3, 0.4) is 0 Å². The van der Waals surface area contributed by atoms with E-state index in [1.807, 2.05) is 0 Å². The van der Waals surface area contributed by atoms with Crippen molar-refractivity contribution in [2.75, 3.05) is 14.2 Å². The molecule has 264 valence electrons. The molecule has 7 nitrogen and oxygen atoms in total. The summed E-state index contributed by atoms with van der Waals surface area (Å²) in [7, 11) is 3.04. The van der Waals surface area contributed by atoms with E-state index in [-0.39, 0.29) is 39.8 Å². The molecule has 0 saturated heterocycles. The molecular formula is C41H58O7. The lowest BCUT2D eigenvalue weighted by Gasteiger charge is -2.71. The molecule has 0 aromatic heterocycles. The Balaban J connectivity index is 1.28. The number of aliphatic hydroxyl groups excluding tert-OH is 1. The van der Waals surface area contributed by atoms with Gasteiger partial charge in [-0.05, 0) is 121 Å². The van der Waals surface area contributed by atoms with Crippen molar-refractivity contribution in [3.05, 3.63) is 41.5 Å². The molecule has 4 saturated carbocycles. The van der Waals surface area contributed by atoms with Gasteiger partial charge in [0.25, 0.3) is 0 Å². The third-order valence-electron chi connectivity index (χ3n) is 15.3. The van der Waals surface area contributed by atoms with E-state index in [1.54, 1.807) is 25.3 Å². The van der Waals surface area contributed by atoms with Gasteiger partial charge in [0.2, 0.25) is 0 Å². The van der Waals surface area contributed by atoms with E-state index >= 15 is 0 Å². The first-order chi connectivity index (χ1) is 22.5. The van der Waals surface area contributed by atoms with Crippen LogP contribution in [-0.2, 0) is 19.1 Å². The van der Waals surface area contributed by atoms with Crippen LogP contribution in [-0.4, -0.2) is 48.6 Å². The van der Waals surface area contributed by atoms with E-state index in [2.05, 4.69) is 54.5 Å². The number of allylic oxidation sites excluding steroid dienone is 2. The van der Waals surface area contributed by atoms with Crippen molar-refractivity contribution in [1.29, 1.82) is 0 Å². The fourth-order valence-electron chi connectivity index (χ4n) is 12.5. The van der Waals surface area contributed by atoms with E-state index in [9.17, 15) is 19.8 Å². The van der Waals surface area contributed by atoms with Crippen molar-refractivity contribution in [3.63, 3.8) is 0 Å². The second-order valence-electron chi connectivity index (χ2n) is 17.5. The fraction of sp³-hybridized carbons (Fsp3) is 0.707. The van der Waals surface area contributed by atoms with Gasteiger partial charge >= 0.3 is 11.9 Å². The molecule has 5 aliphatic carbocycles. The molecule has 7 heteroatoms. The number of carbonyl (C=O) groups is 2. The summed E-state index contributed by atoms with van der Waals surface area (Å²) >= 11 is 0. The summed E-state index contributed by atoms with van der Waals surface area (Å²) in [4.78, 5) is 26.8. The van der Waals surface area contributed by atoms with Crippen LogP contribution < -0.4 is 4.74 Å². The molecule has 6 rings (SSSR count). The van der Waals surface area contributed by atoms with E-state index in [0.29, 0.717) is 35.5 Å². The molecule has 0 bridgehead atoms. The van der Waals surface area contributed by atoms with Crippen LogP contribution in [0.25, 0.3) is 6.08 Å². The number of fused-ring (bicyclic) bond motifs is 7. The molecule has 0 aliphatic heterocycles. The Morgan fingerprint density at radius 3 is 2.38 bits per heavy atom. The molecule has 1 aromatic carbocycles. The first kappa shape index (κ1) is 35.0. The highest BCUT2D eigenvalue weighted by atomic mass is 16.6. The maximum Gasteiger partial charge on any atom is 0.331 e. The molecule has 4 fully saturated rings. The van der Waals surface area contributed by atoms with E-state index in [0.717, 1.165) is 44.9 Å². The first-order valence-electron chi connectivity index (χ1n) is 18.2. The number of phenolic OH excluding ortho intramolecular Hbond substituents is 1. The molecule has 5 aliphatic rings. The van der Waals surface area contributed by atoms with E-state index < -0.39 is 29.0 Å². The lowest BCUT2D eigenvalue weighted by atomic mass is 9.33. The molecule has 11 atom stereocenters. The zero-order valence-electron chi connectivity index (χ0n) is 30.6. The van der Waals surface area contributed by atoms with Crippen LogP contribution in [0, 0.1) is 56.7 Å². The van der Waals surface area contributed by atoms with Gasteiger partial charge in [0, 0.05) is 11.5 Å². The zero-order chi connectivity index (χ0) is 35.0. The number of ether oxygens (including phenoxy) is 3. The first-order valence-corrected chi connectivity index (χ1v) is 18.2. The predicted molar refractivity (Wildman–Crippen MR) is 186 cm³/mol. The van der Waals surface area contributed by atoms with Crippen molar-refractivity contribution in [3.8, 4) is 11.5 Å². The van der Waals surface area contributed by atoms with Crippen LogP contribution in [0.1, 0.15) is 105 Å².